The number of hydrogen-bond donors (Lipinski definition) is 1. The predicted molar refractivity (Wildman–Crippen MR) is 61.9 cm³/mol. The first-order valence-corrected chi connectivity index (χ1v) is 5.75. The molecule has 82 valence electrons. The predicted octanol–water partition coefficient (Wildman–Crippen LogP) is 2.74. The molecule has 1 aromatic rings. The molecule has 0 aliphatic heterocycles. The van der Waals surface area contributed by atoms with Crippen molar-refractivity contribution in [2.24, 2.45) is 5.73 Å². The van der Waals surface area contributed by atoms with Gasteiger partial charge >= 0.3 is 0 Å². The van der Waals surface area contributed by atoms with Crippen molar-refractivity contribution in [2.75, 3.05) is 0 Å². The topological polar surface area (TPSA) is 35.2 Å². The van der Waals surface area contributed by atoms with E-state index in [2.05, 4.69) is 0 Å². The molecule has 1 aromatic carbocycles. The lowest BCUT2D eigenvalue weighted by Crippen LogP contribution is -2.31. The average Bonchev–Trinajstić information content (AvgIpc) is 2.63. The molecule has 0 bridgehead atoms. The van der Waals surface area contributed by atoms with Gasteiger partial charge in [0.2, 0.25) is 0 Å². The van der Waals surface area contributed by atoms with Gasteiger partial charge in [0.15, 0.2) is 0 Å². The zero-order valence-corrected chi connectivity index (χ0v) is 9.41. The first-order valence-electron chi connectivity index (χ1n) is 5.37. The first-order chi connectivity index (χ1) is 7.25. The second kappa shape index (κ2) is 4.97. The molecule has 15 heavy (non-hydrogen) atoms. The molecule has 1 fully saturated rings. The summed E-state index contributed by atoms with van der Waals surface area (Å²) in [6.45, 7) is 0.634. The molecule has 0 heterocycles. The molecule has 0 radical (unpaired) electrons. The van der Waals surface area contributed by atoms with Gasteiger partial charge in [0.05, 0.1) is 12.7 Å². The summed E-state index contributed by atoms with van der Waals surface area (Å²) >= 11 is 5.80. The molecule has 2 N–H and O–H groups in total. The zero-order valence-electron chi connectivity index (χ0n) is 8.66. The molecule has 3 heteroatoms. The summed E-state index contributed by atoms with van der Waals surface area (Å²) < 4.78 is 5.77. The van der Waals surface area contributed by atoms with Crippen LogP contribution < -0.4 is 5.73 Å². The maximum atomic E-state index is 5.92. The fourth-order valence-electron chi connectivity index (χ4n) is 1.95. The van der Waals surface area contributed by atoms with Gasteiger partial charge in [0.25, 0.3) is 0 Å². The minimum Gasteiger partial charge on any atom is -0.372 e. The van der Waals surface area contributed by atoms with Gasteiger partial charge in [-0.25, -0.2) is 0 Å². The van der Waals surface area contributed by atoms with Gasteiger partial charge in [0, 0.05) is 11.1 Å². The lowest BCUT2D eigenvalue weighted by Gasteiger charge is -2.16. The lowest BCUT2D eigenvalue weighted by atomic mass is 10.2. The van der Waals surface area contributed by atoms with E-state index in [1.807, 2.05) is 24.3 Å². The Morgan fingerprint density at radius 3 is 2.60 bits per heavy atom. The number of benzene rings is 1. The highest BCUT2D eigenvalue weighted by Crippen LogP contribution is 2.21. The molecule has 0 aromatic heterocycles. The number of rotatable bonds is 3. The number of ether oxygens (including phenoxy) is 1. The Morgan fingerprint density at radius 2 is 2.00 bits per heavy atom. The van der Waals surface area contributed by atoms with Crippen LogP contribution >= 0.6 is 11.6 Å². The van der Waals surface area contributed by atoms with Crippen LogP contribution in [-0.4, -0.2) is 12.1 Å². The van der Waals surface area contributed by atoms with Crippen molar-refractivity contribution in [1.82, 2.24) is 0 Å². The minimum atomic E-state index is 0.220. The molecule has 1 saturated carbocycles. The summed E-state index contributed by atoms with van der Waals surface area (Å²) in [5, 5.41) is 0.760. The van der Waals surface area contributed by atoms with Crippen LogP contribution in [0.5, 0.6) is 0 Å². The van der Waals surface area contributed by atoms with Crippen molar-refractivity contribution in [3.05, 3.63) is 34.9 Å². The van der Waals surface area contributed by atoms with Crippen LogP contribution in [0.3, 0.4) is 0 Å². The normalized spacial score (nSPS) is 25.7. The summed E-state index contributed by atoms with van der Waals surface area (Å²) in [6, 6.07) is 7.97. The van der Waals surface area contributed by atoms with E-state index in [9.17, 15) is 0 Å². The SMILES string of the molecule is N[C@H]1CCC[C@@H]1OCc1ccc(Cl)cc1. The van der Waals surface area contributed by atoms with Crippen molar-refractivity contribution >= 4 is 11.6 Å². The van der Waals surface area contributed by atoms with Crippen molar-refractivity contribution in [1.29, 1.82) is 0 Å². The molecule has 1 aliphatic carbocycles. The Labute approximate surface area is 95.4 Å². The summed E-state index contributed by atoms with van der Waals surface area (Å²) in [4.78, 5) is 0. The van der Waals surface area contributed by atoms with Gasteiger partial charge < -0.3 is 10.5 Å². The van der Waals surface area contributed by atoms with E-state index in [0.29, 0.717) is 6.61 Å². The molecule has 0 spiro atoms. The molecule has 0 saturated heterocycles. The van der Waals surface area contributed by atoms with Gasteiger partial charge in [-0.15, -0.1) is 0 Å². The first kappa shape index (κ1) is 10.9. The van der Waals surface area contributed by atoms with E-state index in [1.54, 1.807) is 0 Å². The number of hydrogen-bond acceptors (Lipinski definition) is 2. The lowest BCUT2D eigenvalue weighted by molar-refractivity contribution is 0.0357. The fraction of sp³-hybridized carbons (Fsp3) is 0.500. The van der Waals surface area contributed by atoms with E-state index in [0.717, 1.165) is 23.4 Å². The van der Waals surface area contributed by atoms with Crippen molar-refractivity contribution in [2.45, 2.75) is 38.0 Å². The highest BCUT2D eigenvalue weighted by molar-refractivity contribution is 6.30. The Bertz CT molecular complexity index is 312. The Morgan fingerprint density at radius 1 is 1.27 bits per heavy atom. The fourth-order valence-corrected chi connectivity index (χ4v) is 2.07. The van der Waals surface area contributed by atoms with Gasteiger partial charge in [0.1, 0.15) is 0 Å². The average molecular weight is 226 g/mol. The molecule has 0 unspecified atom stereocenters. The largest absolute Gasteiger partial charge is 0.372 e. The molecule has 2 nitrogen and oxygen atoms in total. The van der Waals surface area contributed by atoms with E-state index in [1.165, 1.54) is 6.42 Å². The van der Waals surface area contributed by atoms with Crippen LogP contribution in [0.2, 0.25) is 5.02 Å². The van der Waals surface area contributed by atoms with Crippen molar-refractivity contribution < 1.29 is 4.74 Å². The van der Waals surface area contributed by atoms with E-state index >= 15 is 0 Å². The zero-order chi connectivity index (χ0) is 10.7. The second-order valence-corrected chi connectivity index (χ2v) is 4.51. The molecule has 2 rings (SSSR count). The summed E-state index contributed by atoms with van der Waals surface area (Å²) in [7, 11) is 0. The van der Waals surface area contributed by atoms with Crippen LogP contribution in [0.4, 0.5) is 0 Å². The minimum absolute atomic E-state index is 0.220. The third-order valence-electron chi connectivity index (χ3n) is 2.88. The Kier molecular flexibility index (Phi) is 3.62. The monoisotopic (exact) mass is 225 g/mol. The van der Waals surface area contributed by atoms with Gasteiger partial charge in [-0.2, -0.15) is 0 Å². The molecular formula is C12H16ClNO. The van der Waals surface area contributed by atoms with E-state index in [-0.39, 0.29) is 12.1 Å². The van der Waals surface area contributed by atoms with E-state index < -0.39 is 0 Å². The maximum Gasteiger partial charge on any atom is 0.0730 e. The standard InChI is InChI=1S/C12H16ClNO/c13-10-6-4-9(5-7-10)8-15-12-3-1-2-11(12)14/h4-7,11-12H,1-3,8,14H2/t11-,12-/m0/s1. The second-order valence-electron chi connectivity index (χ2n) is 4.07. The van der Waals surface area contributed by atoms with Crippen molar-refractivity contribution in [3.8, 4) is 0 Å². The van der Waals surface area contributed by atoms with Crippen LogP contribution in [0.15, 0.2) is 24.3 Å². The summed E-state index contributed by atoms with van der Waals surface area (Å²) in [6.07, 6.45) is 3.60. The van der Waals surface area contributed by atoms with Crippen LogP contribution in [-0.2, 0) is 11.3 Å². The van der Waals surface area contributed by atoms with Gasteiger partial charge in [-0.1, -0.05) is 23.7 Å². The number of halogens is 1. The van der Waals surface area contributed by atoms with Crippen LogP contribution in [0, 0.1) is 0 Å². The third kappa shape index (κ3) is 2.94. The molecular weight excluding hydrogens is 210 g/mol. The van der Waals surface area contributed by atoms with Gasteiger partial charge in [-0.3, -0.25) is 0 Å². The third-order valence-corrected chi connectivity index (χ3v) is 3.13. The van der Waals surface area contributed by atoms with E-state index in [4.69, 9.17) is 22.1 Å². The molecule has 2 atom stereocenters. The summed E-state index contributed by atoms with van der Waals surface area (Å²) in [5.41, 5.74) is 7.07. The Balaban J connectivity index is 1.85. The van der Waals surface area contributed by atoms with Crippen LogP contribution in [0.25, 0.3) is 0 Å². The van der Waals surface area contributed by atoms with Gasteiger partial charge in [-0.05, 0) is 37.0 Å². The highest BCUT2D eigenvalue weighted by atomic mass is 35.5. The maximum absolute atomic E-state index is 5.92. The van der Waals surface area contributed by atoms with Crippen molar-refractivity contribution in [3.63, 3.8) is 0 Å². The quantitative estimate of drug-likeness (QED) is 0.859. The molecule has 0 amide bonds. The highest BCUT2D eigenvalue weighted by Gasteiger charge is 2.24. The smallest absolute Gasteiger partial charge is 0.0730 e. The Hall–Kier alpha value is -0.570. The van der Waals surface area contributed by atoms with Crippen LogP contribution in [0.1, 0.15) is 24.8 Å². The number of nitrogens with two attached hydrogens (primary N) is 1. The summed E-state index contributed by atoms with van der Waals surface area (Å²) in [5.74, 6) is 0. The molecule has 1 aliphatic rings.